The normalized spacial score (nSPS) is 10.4. The second-order valence-corrected chi connectivity index (χ2v) is 6.60. The molecule has 1 N–H and O–H groups in total. The number of hydrogen-bond acceptors (Lipinski definition) is 4. The minimum atomic E-state index is -0.166. The predicted octanol–water partition coefficient (Wildman–Crippen LogP) is 3.39. The van der Waals surface area contributed by atoms with Crippen LogP contribution in [0.4, 0.5) is 5.69 Å². The molecular formula is C22H24N4O. The molecule has 2 aromatic heterocycles. The van der Waals surface area contributed by atoms with Crippen LogP contribution >= 0.6 is 0 Å². The maximum absolute atomic E-state index is 12.5. The van der Waals surface area contributed by atoms with Gasteiger partial charge in [-0.15, -0.1) is 0 Å². The Balaban J connectivity index is 1.59. The molecule has 0 radical (unpaired) electrons. The van der Waals surface area contributed by atoms with Gasteiger partial charge in [0.25, 0.3) is 5.91 Å². The summed E-state index contributed by atoms with van der Waals surface area (Å²) in [6.07, 6.45) is 6.20. The van der Waals surface area contributed by atoms with Gasteiger partial charge in [0, 0.05) is 44.4 Å². The lowest BCUT2D eigenvalue weighted by molar-refractivity contribution is 0.0946. The van der Waals surface area contributed by atoms with Gasteiger partial charge in [0.05, 0.1) is 0 Å². The van der Waals surface area contributed by atoms with Gasteiger partial charge in [-0.1, -0.05) is 29.8 Å². The van der Waals surface area contributed by atoms with Crippen LogP contribution in [0.3, 0.4) is 0 Å². The van der Waals surface area contributed by atoms with E-state index in [2.05, 4.69) is 26.3 Å². The smallest absolute Gasteiger partial charge is 0.270 e. The molecule has 0 unspecified atom stereocenters. The summed E-state index contributed by atoms with van der Waals surface area (Å²) in [5, 5.41) is 2.94. The summed E-state index contributed by atoms with van der Waals surface area (Å²) in [5.74, 6) is -0.166. The molecule has 1 amide bonds. The van der Waals surface area contributed by atoms with Crippen molar-refractivity contribution in [3.8, 4) is 0 Å². The minimum Gasteiger partial charge on any atom is -0.374 e. The van der Waals surface area contributed by atoms with Crippen molar-refractivity contribution in [3.05, 3.63) is 89.5 Å². The molecule has 0 spiro atoms. The van der Waals surface area contributed by atoms with E-state index in [0.717, 1.165) is 24.2 Å². The first-order valence-electron chi connectivity index (χ1n) is 9.01. The number of aromatic nitrogens is 2. The summed E-state index contributed by atoms with van der Waals surface area (Å²) < 4.78 is 0. The van der Waals surface area contributed by atoms with Crippen molar-refractivity contribution < 1.29 is 4.79 Å². The van der Waals surface area contributed by atoms with E-state index >= 15 is 0 Å². The molecule has 3 rings (SSSR count). The van der Waals surface area contributed by atoms with Crippen LogP contribution in [0.2, 0.25) is 0 Å². The third kappa shape index (κ3) is 5.38. The molecule has 0 aliphatic rings. The number of anilines is 1. The quantitative estimate of drug-likeness (QED) is 0.702. The SMILES string of the molecule is Cc1cccc(CNC(=O)c2cc(N(C)CCc3ccncc3)ccn2)c1. The number of carbonyl (C=O) groups excluding carboxylic acids is 1. The first-order chi connectivity index (χ1) is 13.1. The monoisotopic (exact) mass is 360 g/mol. The highest BCUT2D eigenvalue weighted by atomic mass is 16.1. The molecule has 138 valence electrons. The Morgan fingerprint density at radius 2 is 1.85 bits per heavy atom. The number of aryl methyl sites for hydroxylation is 1. The van der Waals surface area contributed by atoms with Crippen LogP contribution in [0, 0.1) is 6.92 Å². The van der Waals surface area contributed by atoms with Crippen LogP contribution in [-0.2, 0) is 13.0 Å². The molecule has 2 heterocycles. The summed E-state index contributed by atoms with van der Waals surface area (Å²) in [4.78, 5) is 22.8. The Hall–Kier alpha value is -3.21. The molecule has 3 aromatic rings. The van der Waals surface area contributed by atoms with E-state index in [4.69, 9.17) is 0 Å². The molecule has 0 saturated carbocycles. The second kappa shape index (κ2) is 8.94. The lowest BCUT2D eigenvalue weighted by atomic mass is 10.1. The van der Waals surface area contributed by atoms with Gasteiger partial charge in [0.1, 0.15) is 5.69 Å². The Morgan fingerprint density at radius 1 is 1.04 bits per heavy atom. The van der Waals surface area contributed by atoms with E-state index in [0.29, 0.717) is 12.2 Å². The van der Waals surface area contributed by atoms with Gasteiger partial charge in [-0.05, 0) is 48.7 Å². The van der Waals surface area contributed by atoms with Crippen LogP contribution in [0.5, 0.6) is 0 Å². The number of nitrogens with zero attached hydrogens (tertiary/aromatic N) is 3. The molecule has 5 nitrogen and oxygen atoms in total. The Bertz CT molecular complexity index is 896. The summed E-state index contributed by atoms with van der Waals surface area (Å²) >= 11 is 0. The summed E-state index contributed by atoms with van der Waals surface area (Å²) in [7, 11) is 2.02. The number of hydrogen-bond donors (Lipinski definition) is 1. The zero-order valence-electron chi connectivity index (χ0n) is 15.7. The lowest BCUT2D eigenvalue weighted by Gasteiger charge is -2.19. The molecule has 0 aliphatic heterocycles. The van der Waals surface area contributed by atoms with Gasteiger partial charge in [0.2, 0.25) is 0 Å². The number of likely N-dealkylation sites (N-methyl/N-ethyl adjacent to an activating group) is 1. The van der Waals surface area contributed by atoms with Crippen molar-refractivity contribution in [2.45, 2.75) is 19.9 Å². The van der Waals surface area contributed by atoms with Crippen LogP contribution < -0.4 is 10.2 Å². The molecule has 0 atom stereocenters. The van der Waals surface area contributed by atoms with E-state index in [-0.39, 0.29) is 5.91 Å². The van der Waals surface area contributed by atoms with Crippen LogP contribution in [0.25, 0.3) is 0 Å². The predicted molar refractivity (Wildman–Crippen MR) is 108 cm³/mol. The first kappa shape index (κ1) is 18.6. The molecule has 1 aromatic carbocycles. The van der Waals surface area contributed by atoms with E-state index in [1.165, 1.54) is 11.1 Å². The molecule has 0 aliphatic carbocycles. The second-order valence-electron chi connectivity index (χ2n) is 6.60. The van der Waals surface area contributed by atoms with Gasteiger partial charge in [-0.25, -0.2) is 0 Å². The van der Waals surface area contributed by atoms with Gasteiger partial charge in [0.15, 0.2) is 0 Å². The van der Waals surface area contributed by atoms with E-state index in [1.54, 1.807) is 18.6 Å². The topological polar surface area (TPSA) is 58.1 Å². The average Bonchev–Trinajstić information content (AvgIpc) is 2.71. The number of carbonyl (C=O) groups is 1. The fourth-order valence-electron chi connectivity index (χ4n) is 2.85. The van der Waals surface area contributed by atoms with E-state index < -0.39 is 0 Å². The summed E-state index contributed by atoms with van der Waals surface area (Å²) in [6, 6.07) is 15.9. The van der Waals surface area contributed by atoms with E-state index in [1.807, 2.05) is 56.4 Å². The number of pyridine rings is 2. The molecule has 5 heteroatoms. The van der Waals surface area contributed by atoms with Crippen molar-refractivity contribution in [2.24, 2.45) is 0 Å². The third-order valence-electron chi connectivity index (χ3n) is 4.44. The third-order valence-corrected chi connectivity index (χ3v) is 4.44. The fraction of sp³-hybridized carbons (Fsp3) is 0.227. The van der Waals surface area contributed by atoms with Crippen molar-refractivity contribution in [2.75, 3.05) is 18.5 Å². The van der Waals surface area contributed by atoms with E-state index in [9.17, 15) is 4.79 Å². The maximum atomic E-state index is 12.5. The Morgan fingerprint density at radius 3 is 2.63 bits per heavy atom. The molecular weight excluding hydrogens is 336 g/mol. The highest BCUT2D eigenvalue weighted by molar-refractivity contribution is 5.93. The number of amides is 1. The van der Waals surface area contributed by atoms with Crippen molar-refractivity contribution in [1.29, 1.82) is 0 Å². The lowest BCUT2D eigenvalue weighted by Crippen LogP contribution is -2.25. The highest BCUT2D eigenvalue weighted by Gasteiger charge is 2.10. The van der Waals surface area contributed by atoms with Gasteiger partial charge in [-0.2, -0.15) is 0 Å². The first-order valence-corrected chi connectivity index (χ1v) is 9.01. The standard InChI is InChI=1S/C22H24N4O/c1-17-4-3-5-19(14-17)16-25-22(27)21-15-20(8-12-24-21)26(2)13-9-18-6-10-23-11-7-18/h3-8,10-12,14-15H,9,13,16H2,1-2H3,(H,25,27). The summed E-state index contributed by atoms with van der Waals surface area (Å²) in [6.45, 7) is 3.38. The molecule has 0 bridgehead atoms. The van der Waals surface area contributed by atoms with Crippen molar-refractivity contribution >= 4 is 11.6 Å². The fourth-order valence-corrected chi connectivity index (χ4v) is 2.85. The van der Waals surface area contributed by atoms with Gasteiger partial charge < -0.3 is 10.2 Å². The average molecular weight is 360 g/mol. The highest BCUT2D eigenvalue weighted by Crippen LogP contribution is 2.14. The van der Waals surface area contributed by atoms with Gasteiger partial charge >= 0.3 is 0 Å². The van der Waals surface area contributed by atoms with Crippen LogP contribution in [0.1, 0.15) is 27.2 Å². The number of nitrogens with one attached hydrogen (secondary N) is 1. The Labute approximate surface area is 160 Å². The Kier molecular flexibility index (Phi) is 6.15. The van der Waals surface area contributed by atoms with Gasteiger partial charge in [-0.3, -0.25) is 14.8 Å². The van der Waals surface area contributed by atoms with Crippen molar-refractivity contribution in [1.82, 2.24) is 15.3 Å². The number of benzene rings is 1. The molecule has 27 heavy (non-hydrogen) atoms. The van der Waals surface area contributed by atoms with Crippen LogP contribution in [0.15, 0.2) is 67.1 Å². The molecule has 0 saturated heterocycles. The zero-order chi connectivity index (χ0) is 19.1. The molecule has 0 fully saturated rings. The number of rotatable bonds is 7. The summed E-state index contributed by atoms with van der Waals surface area (Å²) in [5.41, 5.74) is 4.89. The zero-order valence-corrected chi connectivity index (χ0v) is 15.7. The minimum absolute atomic E-state index is 0.166. The van der Waals surface area contributed by atoms with Crippen LogP contribution in [-0.4, -0.2) is 29.5 Å². The van der Waals surface area contributed by atoms with Crippen molar-refractivity contribution in [3.63, 3.8) is 0 Å². The maximum Gasteiger partial charge on any atom is 0.270 e. The largest absolute Gasteiger partial charge is 0.374 e.